The van der Waals surface area contributed by atoms with Crippen LogP contribution in [0.4, 0.5) is 0 Å². The summed E-state index contributed by atoms with van der Waals surface area (Å²) in [6.07, 6.45) is 0. The molecule has 0 aliphatic carbocycles. The maximum absolute atomic E-state index is 13.0. The number of carbonyl (C=O) groups is 2. The fourth-order valence-electron chi connectivity index (χ4n) is 3.04. The molecule has 0 N–H and O–H groups in total. The van der Waals surface area contributed by atoms with Crippen molar-refractivity contribution in [3.05, 3.63) is 0 Å². The standard InChI is InChI=1S/C58H17N3O2/c1-4-7-10-13-16-19-22-25-28-31-34-37-40-43-46-49-56-59-52-53-60(56)54-55-61(57(62)50-47-44-41-38-35-32-29-26-23-20-17-14-11-8-5-2)58(63)51-48-45-42-39-36-33-30-27-24-21-18-15-12-9-6-3/h52-55H2,1-3H3. The highest BCUT2D eigenvalue weighted by Gasteiger charge is 2.22. The molecule has 0 fully saturated rings. The van der Waals surface area contributed by atoms with Gasteiger partial charge in [-0.1, -0.05) is 17.8 Å². The predicted octanol–water partition coefficient (Wildman–Crippen LogP) is 0.197. The van der Waals surface area contributed by atoms with E-state index in [0.29, 0.717) is 18.9 Å². The topological polar surface area (TPSA) is 53.0 Å². The maximum Gasteiger partial charge on any atom is 0.306 e. The molecule has 0 spiro atoms. The van der Waals surface area contributed by atoms with Gasteiger partial charge in [0, 0.05) is 31.5 Å². The summed E-state index contributed by atoms with van der Waals surface area (Å²) < 4.78 is 0. The number of nitrogens with zero attached hydrogens (tertiary/aromatic N) is 3. The molecular weight excluding hydrogens is 771 g/mol. The molecule has 0 saturated carbocycles. The van der Waals surface area contributed by atoms with Crippen LogP contribution in [0.5, 0.6) is 0 Å². The van der Waals surface area contributed by atoms with Gasteiger partial charge in [0.25, 0.3) is 0 Å². The first-order valence-electron chi connectivity index (χ1n) is 17.1. The van der Waals surface area contributed by atoms with Crippen molar-refractivity contribution < 1.29 is 9.59 Å². The van der Waals surface area contributed by atoms with E-state index in [1.807, 2.05) is 0 Å². The van der Waals surface area contributed by atoms with E-state index in [-0.39, 0.29) is 13.1 Å². The Morgan fingerprint density at radius 2 is 0.651 bits per heavy atom. The first kappa shape index (κ1) is 49.1. The molecule has 1 aliphatic heterocycles. The van der Waals surface area contributed by atoms with Crippen molar-refractivity contribution in [2.45, 2.75) is 20.8 Å². The van der Waals surface area contributed by atoms with E-state index in [9.17, 15) is 9.59 Å². The number of hydrogen-bond acceptors (Lipinski definition) is 4. The van der Waals surface area contributed by atoms with Gasteiger partial charge in [-0.3, -0.25) is 19.5 Å². The number of amidine groups is 1. The molecule has 1 rings (SSSR count). The van der Waals surface area contributed by atoms with Gasteiger partial charge in [0.05, 0.1) is 6.54 Å². The second kappa shape index (κ2) is 38.3. The number of aliphatic imine (C=N–C) groups is 1. The summed E-state index contributed by atoms with van der Waals surface area (Å²) >= 11 is 0. The van der Waals surface area contributed by atoms with Gasteiger partial charge in [0.2, 0.25) is 0 Å². The van der Waals surface area contributed by atoms with Crippen molar-refractivity contribution >= 4 is 17.6 Å². The van der Waals surface area contributed by atoms with Crippen LogP contribution in [0.3, 0.4) is 0 Å². The van der Waals surface area contributed by atoms with Gasteiger partial charge in [0.15, 0.2) is 5.84 Å². The van der Waals surface area contributed by atoms with Crippen LogP contribution >= 0.6 is 0 Å². The summed E-state index contributed by atoms with van der Waals surface area (Å²) in [4.78, 5) is 33.1. The van der Waals surface area contributed by atoms with Crippen LogP contribution in [0, 0.1) is 284 Å². The zero-order valence-electron chi connectivity index (χ0n) is 33.5. The van der Waals surface area contributed by atoms with Gasteiger partial charge in [-0.05, 0) is 275 Å². The van der Waals surface area contributed by atoms with Gasteiger partial charge in [-0.15, -0.1) is 0 Å². The van der Waals surface area contributed by atoms with Gasteiger partial charge < -0.3 is 4.90 Å². The van der Waals surface area contributed by atoms with Crippen LogP contribution in [0.25, 0.3) is 0 Å². The van der Waals surface area contributed by atoms with Gasteiger partial charge in [0.1, 0.15) is 0 Å². The van der Waals surface area contributed by atoms with E-state index in [1.54, 1.807) is 25.7 Å². The molecule has 5 heteroatoms. The molecule has 1 heterocycles. The highest BCUT2D eigenvalue weighted by molar-refractivity contribution is 6.10. The predicted molar refractivity (Wildman–Crippen MR) is 244 cm³/mol. The van der Waals surface area contributed by atoms with Crippen molar-refractivity contribution in [3.8, 4) is 284 Å². The molecule has 0 unspecified atom stereocenters. The molecule has 0 atom stereocenters. The summed E-state index contributed by atoms with van der Waals surface area (Å²) in [5.74, 6) is 119. The molecule has 0 aromatic rings. The van der Waals surface area contributed by atoms with Crippen LogP contribution in [0.2, 0.25) is 0 Å². The SMILES string of the molecule is CC#CC#CC#CC#CC#CC#CC#CC#CC(=O)N(CCN1CCN=C1C#CC#CC#CC#CC#CC#CC#CC#CC)C(=O)C#CC#CC#CC#CC#CC#CC#CC#CC. The van der Waals surface area contributed by atoms with Crippen molar-refractivity contribution in [1.29, 1.82) is 0 Å². The summed E-state index contributed by atoms with van der Waals surface area (Å²) in [5, 5.41) is 0. The Morgan fingerprint density at radius 1 is 0.397 bits per heavy atom. The number of amides is 2. The van der Waals surface area contributed by atoms with Crippen LogP contribution in [-0.4, -0.2) is 53.6 Å². The molecule has 63 heavy (non-hydrogen) atoms. The average Bonchev–Trinajstić information content (AvgIpc) is 3.74. The molecule has 276 valence electrons. The summed E-state index contributed by atoms with van der Waals surface area (Å²) in [7, 11) is 0. The smallest absolute Gasteiger partial charge is 0.306 e. The Morgan fingerprint density at radius 3 is 0.937 bits per heavy atom. The summed E-state index contributed by atoms with van der Waals surface area (Å²) in [6, 6.07) is 0. The lowest BCUT2D eigenvalue weighted by molar-refractivity contribution is -0.137. The first-order chi connectivity index (χ1) is 31.1. The summed E-state index contributed by atoms with van der Waals surface area (Å²) in [6.45, 7) is 5.98. The Balaban J connectivity index is 3.11. The summed E-state index contributed by atoms with van der Waals surface area (Å²) in [5.41, 5.74) is 0. The quantitative estimate of drug-likeness (QED) is 0.385. The number of imide groups is 1. The average molecular weight is 788 g/mol. The number of hydrogen-bond donors (Lipinski definition) is 0. The van der Waals surface area contributed by atoms with Gasteiger partial charge in [-0.25, -0.2) is 0 Å². The second-order valence-corrected chi connectivity index (χ2v) is 9.33. The number of carbonyl (C=O) groups excluding carboxylic acids is 2. The molecule has 0 aromatic heterocycles. The Labute approximate surface area is 371 Å². The lowest BCUT2D eigenvalue weighted by atomic mass is 10.3. The fraction of sp³-hybridized carbons (Fsp3) is 0.121. The van der Waals surface area contributed by atoms with E-state index >= 15 is 0 Å². The zero-order chi connectivity index (χ0) is 45.4. The maximum atomic E-state index is 13.0. The largest absolute Gasteiger partial charge is 0.346 e. The third kappa shape index (κ3) is 30.0. The molecule has 1 aliphatic rings. The highest BCUT2D eigenvalue weighted by atomic mass is 16.2. The minimum Gasteiger partial charge on any atom is -0.346 e. The zero-order valence-corrected chi connectivity index (χ0v) is 33.5. The third-order valence-electron chi connectivity index (χ3n) is 5.34. The number of rotatable bonds is 3. The van der Waals surface area contributed by atoms with Crippen LogP contribution in [0.1, 0.15) is 20.8 Å². The van der Waals surface area contributed by atoms with Crippen LogP contribution in [0.15, 0.2) is 4.99 Å². The van der Waals surface area contributed by atoms with Crippen molar-refractivity contribution in [2.24, 2.45) is 4.99 Å². The normalized spacial score (nSPS) is 6.65. The molecule has 0 bridgehead atoms. The van der Waals surface area contributed by atoms with E-state index in [2.05, 4.69) is 289 Å². The first-order valence-corrected chi connectivity index (χ1v) is 17.1. The Kier molecular flexibility index (Phi) is 29.9. The van der Waals surface area contributed by atoms with Crippen molar-refractivity contribution in [3.63, 3.8) is 0 Å². The molecule has 0 radical (unpaired) electrons. The van der Waals surface area contributed by atoms with Gasteiger partial charge >= 0.3 is 11.8 Å². The molecule has 2 amide bonds. The Hall–Kier alpha value is -12.0. The van der Waals surface area contributed by atoms with E-state index < -0.39 is 11.8 Å². The molecule has 0 saturated heterocycles. The van der Waals surface area contributed by atoms with Gasteiger partial charge in [-0.2, -0.15) is 0 Å². The minimum atomic E-state index is -0.864. The van der Waals surface area contributed by atoms with Crippen LogP contribution in [-0.2, 0) is 9.59 Å². The molecule has 0 aromatic carbocycles. The van der Waals surface area contributed by atoms with Crippen LogP contribution < -0.4 is 0 Å². The van der Waals surface area contributed by atoms with E-state index in [0.717, 1.165) is 4.90 Å². The van der Waals surface area contributed by atoms with E-state index in [1.165, 1.54) is 0 Å². The lowest BCUT2D eigenvalue weighted by Gasteiger charge is -2.21. The fourth-order valence-corrected chi connectivity index (χ4v) is 3.04. The van der Waals surface area contributed by atoms with E-state index in [4.69, 9.17) is 0 Å². The monoisotopic (exact) mass is 787 g/mol. The lowest BCUT2D eigenvalue weighted by Crippen LogP contribution is -2.42. The molecule has 5 nitrogen and oxygen atoms in total. The highest BCUT2D eigenvalue weighted by Crippen LogP contribution is 2.02. The van der Waals surface area contributed by atoms with Crippen molar-refractivity contribution in [1.82, 2.24) is 9.80 Å². The Bertz CT molecular complexity index is 3420. The molecular formula is C58H17N3O2. The third-order valence-corrected chi connectivity index (χ3v) is 5.34. The second-order valence-electron chi connectivity index (χ2n) is 9.33. The van der Waals surface area contributed by atoms with Crippen molar-refractivity contribution in [2.75, 3.05) is 26.2 Å². The minimum absolute atomic E-state index is 0.117.